The smallest absolute Gasteiger partial charge is 0.243 e. The zero-order valence-corrected chi connectivity index (χ0v) is 11.1. The van der Waals surface area contributed by atoms with Gasteiger partial charge in [-0.05, 0) is 38.0 Å². The van der Waals surface area contributed by atoms with Crippen LogP contribution in [0.25, 0.3) is 0 Å². The lowest BCUT2D eigenvalue weighted by Crippen LogP contribution is -2.33. The standard InChI is InChI=1S/C11H15ClN2O2S/c1-8-3-2-6-14(8)17(15,16)9-4-5-10(12)11(13)7-9/h4-5,7-8H,2-3,6,13H2,1H3/t8-/m1/s1. The van der Waals surface area contributed by atoms with Gasteiger partial charge in [-0.3, -0.25) is 0 Å². The Hall–Kier alpha value is -0.780. The predicted molar refractivity (Wildman–Crippen MR) is 68.5 cm³/mol. The second-order valence-corrected chi connectivity index (χ2v) is 6.59. The van der Waals surface area contributed by atoms with Gasteiger partial charge in [0, 0.05) is 12.6 Å². The molecule has 2 N–H and O–H groups in total. The van der Waals surface area contributed by atoms with Crippen LogP contribution in [0.2, 0.25) is 5.02 Å². The number of rotatable bonds is 2. The predicted octanol–water partition coefficient (Wildman–Crippen LogP) is 2.10. The van der Waals surface area contributed by atoms with Gasteiger partial charge in [0.25, 0.3) is 0 Å². The average molecular weight is 275 g/mol. The van der Waals surface area contributed by atoms with E-state index < -0.39 is 10.0 Å². The van der Waals surface area contributed by atoms with E-state index in [0.29, 0.717) is 17.3 Å². The highest BCUT2D eigenvalue weighted by Gasteiger charge is 2.32. The maximum Gasteiger partial charge on any atom is 0.243 e. The van der Waals surface area contributed by atoms with Gasteiger partial charge >= 0.3 is 0 Å². The first-order valence-corrected chi connectivity index (χ1v) is 7.31. The second kappa shape index (κ2) is 4.48. The molecule has 1 atom stereocenters. The number of hydrogen-bond donors (Lipinski definition) is 1. The zero-order chi connectivity index (χ0) is 12.6. The molecule has 0 radical (unpaired) electrons. The minimum Gasteiger partial charge on any atom is -0.397 e. The molecule has 1 aromatic carbocycles. The Bertz CT molecular complexity index is 530. The number of nitrogen functional groups attached to an aromatic ring is 1. The van der Waals surface area contributed by atoms with Crippen LogP contribution in [0.5, 0.6) is 0 Å². The SMILES string of the molecule is C[C@@H]1CCCN1S(=O)(=O)c1ccc(Cl)c(N)c1. The lowest BCUT2D eigenvalue weighted by molar-refractivity contribution is 0.408. The molecule has 1 aliphatic rings. The van der Waals surface area contributed by atoms with Crippen molar-refractivity contribution in [3.63, 3.8) is 0 Å². The third-order valence-corrected chi connectivity index (χ3v) is 5.42. The molecule has 4 nitrogen and oxygen atoms in total. The number of nitrogens with two attached hydrogens (primary N) is 1. The Morgan fingerprint density at radius 1 is 1.47 bits per heavy atom. The maximum atomic E-state index is 12.3. The minimum absolute atomic E-state index is 0.0527. The van der Waals surface area contributed by atoms with E-state index >= 15 is 0 Å². The van der Waals surface area contributed by atoms with Gasteiger partial charge in [0.15, 0.2) is 0 Å². The Labute approximate surface area is 106 Å². The van der Waals surface area contributed by atoms with E-state index in [0.717, 1.165) is 12.8 Å². The molecule has 1 saturated heterocycles. The van der Waals surface area contributed by atoms with Crippen molar-refractivity contribution in [1.82, 2.24) is 4.31 Å². The molecule has 0 spiro atoms. The van der Waals surface area contributed by atoms with E-state index in [-0.39, 0.29) is 10.9 Å². The Balaban J connectivity index is 2.41. The molecular weight excluding hydrogens is 260 g/mol. The molecule has 0 aromatic heterocycles. The van der Waals surface area contributed by atoms with Crippen molar-refractivity contribution in [2.75, 3.05) is 12.3 Å². The van der Waals surface area contributed by atoms with E-state index in [1.54, 1.807) is 0 Å². The van der Waals surface area contributed by atoms with Crippen molar-refractivity contribution in [2.45, 2.75) is 30.7 Å². The third kappa shape index (κ3) is 2.27. The molecule has 1 heterocycles. The van der Waals surface area contributed by atoms with Crippen molar-refractivity contribution in [3.8, 4) is 0 Å². The Morgan fingerprint density at radius 2 is 2.18 bits per heavy atom. The van der Waals surface area contributed by atoms with E-state index in [2.05, 4.69) is 0 Å². The quantitative estimate of drug-likeness (QED) is 0.840. The Morgan fingerprint density at radius 3 is 2.71 bits per heavy atom. The van der Waals surface area contributed by atoms with Gasteiger partial charge in [-0.15, -0.1) is 0 Å². The summed E-state index contributed by atoms with van der Waals surface area (Å²) in [5, 5.41) is 0.374. The van der Waals surface area contributed by atoms with Gasteiger partial charge in [0.05, 0.1) is 15.6 Å². The number of hydrogen-bond acceptors (Lipinski definition) is 3. The van der Waals surface area contributed by atoms with Crippen LogP contribution in [0.3, 0.4) is 0 Å². The van der Waals surface area contributed by atoms with Gasteiger partial charge in [0.2, 0.25) is 10.0 Å². The van der Waals surface area contributed by atoms with E-state index in [9.17, 15) is 8.42 Å². The van der Waals surface area contributed by atoms with Crippen LogP contribution in [0.4, 0.5) is 5.69 Å². The molecule has 0 unspecified atom stereocenters. The summed E-state index contributed by atoms with van der Waals surface area (Å²) in [5.41, 5.74) is 5.93. The maximum absolute atomic E-state index is 12.3. The largest absolute Gasteiger partial charge is 0.397 e. The van der Waals surface area contributed by atoms with Crippen molar-refractivity contribution < 1.29 is 8.42 Å². The van der Waals surface area contributed by atoms with Gasteiger partial charge < -0.3 is 5.73 Å². The third-order valence-electron chi connectivity index (χ3n) is 3.07. The van der Waals surface area contributed by atoms with Gasteiger partial charge in [-0.25, -0.2) is 8.42 Å². The highest BCUT2D eigenvalue weighted by molar-refractivity contribution is 7.89. The second-order valence-electron chi connectivity index (χ2n) is 4.29. The first-order chi connectivity index (χ1) is 7.93. The van der Waals surface area contributed by atoms with Crippen molar-refractivity contribution in [3.05, 3.63) is 23.2 Å². The summed E-state index contributed by atoms with van der Waals surface area (Å²) in [6, 6.07) is 4.49. The number of benzene rings is 1. The van der Waals surface area contributed by atoms with Crippen LogP contribution >= 0.6 is 11.6 Å². The molecule has 0 amide bonds. The van der Waals surface area contributed by atoms with Crippen molar-refractivity contribution in [2.24, 2.45) is 0 Å². The lowest BCUT2D eigenvalue weighted by atomic mass is 10.3. The fraction of sp³-hybridized carbons (Fsp3) is 0.455. The van der Waals surface area contributed by atoms with Gasteiger partial charge in [-0.1, -0.05) is 11.6 Å². The summed E-state index contributed by atoms with van der Waals surface area (Å²) >= 11 is 5.79. The molecule has 1 aromatic rings. The summed E-state index contributed by atoms with van der Waals surface area (Å²) in [6.45, 7) is 2.50. The summed E-state index contributed by atoms with van der Waals surface area (Å²) in [5.74, 6) is 0. The molecule has 94 valence electrons. The molecule has 0 saturated carbocycles. The zero-order valence-electron chi connectivity index (χ0n) is 9.56. The normalized spacial score (nSPS) is 21.9. The van der Waals surface area contributed by atoms with E-state index in [4.69, 9.17) is 17.3 Å². The first-order valence-electron chi connectivity index (χ1n) is 5.50. The van der Waals surface area contributed by atoms with Crippen LogP contribution in [0.15, 0.2) is 23.1 Å². The molecule has 0 aliphatic carbocycles. The van der Waals surface area contributed by atoms with Gasteiger partial charge in [-0.2, -0.15) is 4.31 Å². The number of nitrogens with zero attached hydrogens (tertiary/aromatic N) is 1. The number of sulfonamides is 1. The van der Waals surface area contributed by atoms with Crippen LogP contribution in [-0.4, -0.2) is 25.3 Å². The highest BCUT2D eigenvalue weighted by atomic mass is 35.5. The topological polar surface area (TPSA) is 63.4 Å². The molecule has 1 aliphatic heterocycles. The molecule has 0 bridgehead atoms. The van der Waals surface area contributed by atoms with Crippen molar-refractivity contribution >= 4 is 27.3 Å². The van der Waals surface area contributed by atoms with E-state index in [1.807, 2.05) is 6.92 Å². The highest BCUT2D eigenvalue weighted by Crippen LogP contribution is 2.28. The molecular formula is C11H15ClN2O2S. The molecule has 17 heavy (non-hydrogen) atoms. The number of halogens is 1. The minimum atomic E-state index is -3.43. The summed E-state index contributed by atoms with van der Waals surface area (Å²) in [7, 11) is -3.43. The van der Waals surface area contributed by atoms with E-state index in [1.165, 1.54) is 22.5 Å². The fourth-order valence-corrected chi connectivity index (χ4v) is 3.93. The van der Waals surface area contributed by atoms with Gasteiger partial charge in [0.1, 0.15) is 0 Å². The first kappa shape index (κ1) is 12.7. The summed E-state index contributed by atoms with van der Waals surface area (Å²) in [6.07, 6.45) is 1.81. The van der Waals surface area contributed by atoms with Crippen LogP contribution in [-0.2, 0) is 10.0 Å². The molecule has 2 rings (SSSR count). The summed E-state index contributed by atoms with van der Waals surface area (Å²) < 4.78 is 26.2. The molecule has 1 fully saturated rings. The van der Waals surface area contributed by atoms with Crippen LogP contribution in [0, 0.1) is 0 Å². The lowest BCUT2D eigenvalue weighted by Gasteiger charge is -2.21. The monoisotopic (exact) mass is 274 g/mol. The fourth-order valence-electron chi connectivity index (χ4n) is 2.08. The Kier molecular flexibility index (Phi) is 3.34. The summed E-state index contributed by atoms with van der Waals surface area (Å²) in [4.78, 5) is 0.216. The van der Waals surface area contributed by atoms with Crippen LogP contribution < -0.4 is 5.73 Å². The molecule has 6 heteroatoms. The van der Waals surface area contributed by atoms with Crippen molar-refractivity contribution in [1.29, 1.82) is 0 Å². The van der Waals surface area contributed by atoms with Crippen LogP contribution in [0.1, 0.15) is 19.8 Å². The average Bonchev–Trinajstić information content (AvgIpc) is 2.69. The number of anilines is 1.